The lowest BCUT2D eigenvalue weighted by molar-refractivity contribution is -0.142. The molecule has 0 bridgehead atoms. The molecule has 148 valence electrons. The maximum Gasteiger partial charge on any atom is 0.308 e. The zero-order valence-electron chi connectivity index (χ0n) is 15.9. The Balaban J connectivity index is 1.61. The van der Waals surface area contributed by atoms with Gasteiger partial charge < -0.3 is 15.3 Å². The third kappa shape index (κ3) is 5.09. The van der Waals surface area contributed by atoms with Crippen molar-refractivity contribution in [2.45, 2.75) is 32.1 Å². The molecule has 28 heavy (non-hydrogen) atoms. The van der Waals surface area contributed by atoms with Crippen LogP contribution in [0.4, 0.5) is 0 Å². The second kappa shape index (κ2) is 9.35. The zero-order chi connectivity index (χ0) is 19.9. The van der Waals surface area contributed by atoms with Crippen LogP contribution in [0.5, 0.6) is 0 Å². The van der Waals surface area contributed by atoms with Gasteiger partial charge in [0, 0.05) is 19.5 Å². The van der Waals surface area contributed by atoms with Gasteiger partial charge in [0.25, 0.3) is 0 Å². The molecule has 6 heteroatoms. The first-order valence-electron chi connectivity index (χ1n) is 9.78. The van der Waals surface area contributed by atoms with Gasteiger partial charge in [0.15, 0.2) is 0 Å². The van der Waals surface area contributed by atoms with Crippen LogP contribution in [0.15, 0.2) is 42.5 Å². The maximum atomic E-state index is 12.3. The molecule has 0 aliphatic carbocycles. The number of carbonyl (C=O) groups is 3. The number of benzene rings is 2. The van der Waals surface area contributed by atoms with Crippen LogP contribution < -0.4 is 5.32 Å². The van der Waals surface area contributed by atoms with Crippen molar-refractivity contribution in [1.29, 1.82) is 0 Å². The molecule has 1 aliphatic rings. The lowest BCUT2D eigenvalue weighted by atomic mass is 9.95. The Labute approximate surface area is 164 Å². The number of carboxylic acids is 1. The molecule has 0 radical (unpaired) electrons. The first kappa shape index (κ1) is 19.9. The number of rotatable bonds is 7. The number of carbonyl (C=O) groups excluding carboxylic acids is 2. The van der Waals surface area contributed by atoms with Crippen molar-refractivity contribution < 1.29 is 19.5 Å². The third-order valence-corrected chi connectivity index (χ3v) is 5.25. The monoisotopic (exact) mass is 382 g/mol. The summed E-state index contributed by atoms with van der Waals surface area (Å²) in [5.74, 6) is -1.98. The largest absolute Gasteiger partial charge is 0.481 e. The molecule has 1 aliphatic heterocycles. The fourth-order valence-corrected chi connectivity index (χ4v) is 3.65. The fraction of sp³-hybridized carbons (Fsp3) is 0.409. The number of nitrogens with one attached hydrogen (secondary N) is 1. The number of aliphatic carboxylic acids is 1. The van der Waals surface area contributed by atoms with Gasteiger partial charge in [0.1, 0.15) is 0 Å². The molecule has 2 aromatic carbocycles. The summed E-state index contributed by atoms with van der Waals surface area (Å²) in [6.45, 7) is 0.628. The summed E-state index contributed by atoms with van der Waals surface area (Å²) in [5, 5.41) is 14.4. The quantitative estimate of drug-likeness (QED) is 0.771. The number of hydrogen-bond acceptors (Lipinski definition) is 3. The normalized spacial score (nSPS) is 15.9. The highest BCUT2D eigenvalue weighted by Gasteiger charge is 2.22. The van der Waals surface area contributed by atoms with E-state index in [1.54, 1.807) is 4.90 Å². The van der Waals surface area contributed by atoms with Gasteiger partial charge in [-0.15, -0.1) is 0 Å². The molecular weight excluding hydrogens is 356 g/mol. The number of amides is 2. The van der Waals surface area contributed by atoms with E-state index in [1.807, 2.05) is 42.5 Å². The summed E-state index contributed by atoms with van der Waals surface area (Å²) >= 11 is 0. The van der Waals surface area contributed by atoms with Crippen LogP contribution in [0, 0.1) is 5.92 Å². The second-order valence-corrected chi connectivity index (χ2v) is 7.31. The minimum atomic E-state index is -0.945. The lowest BCUT2D eigenvalue weighted by Gasteiger charge is -2.21. The number of fused-ring (bicyclic) bond motifs is 1. The van der Waals surface area contributed by atoms with Crippen molar-refractivity contribution in [3.05, 3.63) is 48.0 Å². The van der Waals surface area contributed by atoms with Crippen molar-refractivity contribution >= 4 is 28.6 Å². The number of nitrogens with zero attached hydrogens (tertiary/aromatic N) is 1. The van der Waals surface area contributed by atoms with Crippen molar-refractivity contribution in [2.24, 2.45) is 5.92 Å². The zero-order valence-corrected chi connectivity index (χ0v) is 15.9. The van der Waals surface area contributed by atoms with E-state index in [0.29, 0.717) is 19.4 Å². The minimum Gasteiger partial charge on any atom is -0.481 e. The standard InChI is InChI=1S/C22H26N2O4/c25-20(15-24-12-5-1-2-11-21(24)26)23-14-18(22(27)28)13-17-9-6-8-16-7-3-4-10-19(16)17/h3-4,6-10,18H,1-2,5,11-15H2,(H,23,25)(H,27,28). The SMILES string of the molecule is O=C(CN1CCCCCC1=O)NCC(Cc1cccc2ccccc12)C(=O)O. The van der Waals surface area contributed by atoms with Crippen LogP contribution in [0.3, 0.4) is 0 Å². The van der Waals surface area contributed by atoms with E-state index in [-0.39, 0.29) is 24.9 Å². The topological polar surface area (TPSA) is 86.7 Å². The van der Waals surface area contributed by atoms with Gasteiger partial charge in [-0.3, -0.25) is 14.4 Å². The average molecular weight is 382 g/mol. The Morgan fingerprint density at radius 1 is 1.07 bits per heavy atom. The van der Waals surface area contributed by atoms with Gasteiger partial charge in [-0.2, -0.15) is 0 Å². The molecule has 3 rings (SSSR count). The van der Waals surface area contributed by atoms with Gasteiger partial charge in [-0.05, 0) is 35.6 Å². The highest BCUT2D eigenvalue weighted by Crippen LogP contribution is 2.21. The number of likely N-dealkylation sites (tertiary alicyclic amines) is 1. The van der Waals surface area contributed by atoms with Gasteiger partial charge in [0.05, 0.1) is 12.5 Å². The van der Waals surface area contributed by atoms with E-state index in [9.17, 15) is 19.5 Å². The first-order valence-corrected chi connectivity index (χ1v) is 9.78. The Morgan fingerprint density at radius 3 is 2.68 bits per heavy atom. The van der Waals surface area contributed by atoms with Gasteiger partial charge in [0.2, 0.25) is 11.8 Å². The van der Waals surface area contributed by atoms with Crippen LogP contribution in [-0.2, 0) is 20.8 Å². The number of hydrogen-bond donors (Lipinski definition) is 2. The Bertz CT molecular complexity index is 859. The van der Waals surface area contributed by atoms with Gasteiger partial charge in [-0.1, -0.05) is 48.9 Å². The summed E-state index contributed by atoms with van der Waals surface area (Å²) in [5.41, 5.74) is 0.947. The van der Waals surface area contributed by atoms with E-state index < -0.39 is 11.9 Å². The molecule has 1 heterocycles. The Hall–Kier alpha value is -2.89. The summed E-state index contributed by atoms with van der Waals surface area (Å²) in [4.78, 5) is 37.6. The molecule has 0 saturated carbocycles. The van der Waals surface area contributed by atoms with E-state index >= 15 is 0 Å². The summed E-state index contributed by atoms with van der Waals surface area (Å²) in [6.07, 6.45) is 3.57. The summed E-state index contributed by atoms with van der Waals surface area (Å²) in [6, 6.07) is 13.7. The lowest BCUT2D eigenvalue weighted by Crippen LogP contribution is -2.42. The van der Waals surface area contributed by atoms with Crippen LogP contribution in [0.25, 0.3) is 10.8 Å². The van der Waals surface area contributed by atoms with Crippen LogP contribution in [0.2, 0.25) is 0 Å². The Morgan fingerprint density at radius 2 is 1.86 bits per heavy atom. The highest BCUT2D eigenvalue weighted by molar-refractivity contribution is 5.87. The van der Waals surface area contributed by atoms with Crippen LogP contribution >= 0.6 is 0 Å². The minimum absolute atomic E-state index is 0.000556. The maximum absolute atomic E-state index is 12.3. The van der Waals surface area contributed by atoms with Crippen molar-refractivity contribution in [2.75, 3.05) is 19.6 Å². The fourth-order valence-electron chi connectivity index (χ4n) is 3.65. The van der Waals surface area contributed by atoms with Crippen LogP contribution in [0.1, 0.15) is 31.2 Å². The molecule has 0 aromatic heterocycles. The second-order valence-electron chi connectivity index (χ2n) is 7.31. The molecular formula is C22H26N2O4. The predicted molar refractivity (Wildman–Crippen MR) is 107 cm³/mol. The molecule has 1 unspecified atom stereocenters. The van der Waals surface area contributed by atoms with Gasteiger partial charge >= 0.3 is 5.97 Å². The smallest absolute Gasteiger partial charge is 0.308 e. The molecule has 2 amide bonds. The summed E-state index contributed by atoms with van der Waals surface area (Å²) < 4.78 is 0. The molecule has 1 fully saturated rings. The van der Waals surface area contributed by atoms with E-state index in [1.165, 1.54) is 0 Å². The average Bonchev–Trinajstić information content (AvgIpc) is 2.89. The van der Waals surface area contributed by atoms with E-state index in [4.69, 9.17) is 0 Å². The van der Waals surface area contributed by atoms with Crippen LogP contribution in [-0.4, -0.2) is 47.4 Å². The summed E-state index contributed by atoms with van der Waals surface area (Å²) in [7, 11) is 0. The molecule has 1 atom stereocenters. The first-order chi connectivity index (χ1) is 13.5. The molecule has 6 nitrogen and oxygen atoms in total. The van der Waals surface area contributed by atoms with Crippen molar-refractivity contribution in [3.8, 4) is 0 Å². The molecule has 0 spiro atoms. The molecule has 1 saturated heterocycles. The molecule has 2 aromatic rings. The Kier molecular flexibility index (Phi) is 6.63. The van der Waals surface area contributed by atoms with Crippen molar-refractivity contribution in [1.82, 2.24) is 10.2 Å². The highest BCUT2D eigenvalue weighted by atomic mass is 16.4. The van der Waals surface area contributed by atoms with Gasteiger partial charge in [-0.25, -0.2) is 0 Å². The van der Waals surface area contributed by atoms with E-state index in [0.717, 1.165) is 35.6 Å². The van der Waals surface area contributed by atoms with E-state index in [2.05, 4.69) is 5.32 Å². The van der Waals surface area contributed by atoms with Crippen molar-refractivity contribution in [3.63, 3.8) is 0 Å². The third-order valence-electron chi connectivity index (χ3n) is 5.25. The predicted octanol–water partition coefficient (Wildman–Crippen LogP) is 2.60. The molecule has 2 N–H and O–H groups in total. The number of carboxylic acid groups (broad SMARTS) is 1.